The molecule has 0 aliphatic carbocycles. The molecule has 0 saturated carbocycles. The number of aliphatic hydroxyl groups excluding tert-OH is 1. The third-order valence-electron chi connectivity index (χ3n) is 4.75. The largest absolute Gasteiger partial charge is 0.494 e. The summed E-state index contributed by atoms with van der Waals surface area (Å²) in [5.41, 5.74) is 2.41. The molecule has 0 aliphatic heterocycles. The quantitative estimate of drug-likeness (QED) is 0.258. The van der Waals surface area contributed by atoms with Gasteiger partial charge in [-0.2, -0.15) is 0 Å². The van der Waals surface area contributed by atoms with Crippen molar-refractivity contribution in [2.75, 3.05) is 13.2 Å². The summed E-state index contributed by atoms with van der Waals surface area (Å²) in [6.07, 6.45) is 7.69. The number of esters is 1. The first-order valence-corrected chi connectivity index (χ1v) is 10.4. The molecule has 0 radical (unpaired) electrons. The van der Waals surface area contributed by atoms with Gasteiger partial charge in [-0.3, -0.25) is 0 Å². The number of hydrogen-bond acceptors (Lipinski definition) is 4. The van der Waals surface area contributed by atoms with E-state index < -0.39 is 12.1 Å². The molecule has 4 nitrogen and oxygen atoms in total. The minimum atomic E-state index is -0.583. The number of rotatable bonds is 14. The highest BCUT2D eigenvalue weighted by Gasteiger charge is 2.06. The monoisotopic (exact) mass is 396 g/mol. The second-order valence-corrected chi connectivity index (χ2v) is 7.14. The molecule has 1 N–H and O–H groups in total. The Labute approximate surface area is 174 Å². The van der Waals surface area contributed by atoms with E-state index in [-0.39, 0.29) is 6.61 Å². The molecular formula is C25H32O4. The predicted molar refractivity (Wildman–Crippen MR) is 117 cm³/mol. The standard InChI is InChI=1S/C25H32O4/c1-2-25(27)29-20-23(26)14-10-5-3-4-6-11-19-28-24-17-15-22(16-18-24)21-12-8-7-9-13-21/h2,7-9,12-13,15-18,23,26H,1,3-6,10-11,14,19-20H2. The summed E-state index contributed by atoms with van der Waals surface area (Å²) in [4.78, 5) is 10.9. The molecule has 1 atom stereocenters. The van der Waals surface area contributed by atoms with Gasteiger partial charge in [-0.05, 0) is 36.1 Å². The third kappa shape index (κ3) is 9.44. The van der Waals surface area contributed by atoms with E-state index in [1.807, 2.05) is 30.3 Å². The fourth-order valence-corrected chi connectivity index (χ4v) is 3.07. The van der Waals surface area contributed by atoms with Crippen molar-refractivity contribution in [3.8, 4) is 16.9 Å². The molecule has 2 aromatic carbocycles. The van der Waals surface area contributed by atoms with Crippen LogP contribution in [0.25, 0.3) is 11.1 Å². The molecule has 0 saturated heterocycles. The maximum Gasteiger partial charge on any atom is 0.330 e. The van der Waals surface area contributed by atoms with E-state index >= 15 is 0 Å². The highest BCUT2D eigenvalue weighted by Crippen LogP contribution is 2.22. The van der Waals surface area contributed by atoms with Crippen LogP contribution in [0.5, 0.6) is 5.75 Å². The van der Waals surface area contributed by atoms with Crippen molar-refractivity contribution in [3.05, 3.63) is 67.3 Å². The number of carbonyl (C=O) groups excluding carboxylic acids is 1. The van der Waals surface area contributed by atoms with E-state index in [2.05, 4.69) is 30.8 Å². The zero-order valence-electron chi connectivity index (χ0n) is 17.1. The van der Waals surface area contributed by atoms with Crippen LogP contribution in [0.2, 0.25) is 0 Å². The van der Waals surface area contributed by atoms with Crippen LogP contribution >= 0.6 is 0 Å². The van der Waals surface area contributed by atoms with Gasteiger partial charge in [0, 0.05) is 6.08 Å². The molecule has 4 heteroatoms. The zero-order chi connectivity index (χ0) is 20.7. The molecule has 1 unspecified atom stereocenters. The summed E-state index contributed by atoms with van der Waals surface area (Å²) in [6, 6.07) is 18.6. The van der Waals surface area contributed by atoms with Crippen LogP contribution < -0.4 is 4.74 Å². The minimum absolute atomic E-state index is 0.0501. The van der Waals surface area contributed by atoms with E-state index in [0.29, 0.717) is 6.42 Å². The molecule has 0 bridgehead atoms. The van der Waals surface area contributed by atoms with Crippen LogP contribution in [-0.4, -0.2) is 30.4 Å². The van der Waals surface area contributed by atoms with Crippen molar-refractivity contribution in [1.29, 1.82) is 0 Å². The second kappa shape index (κ2) is 13.6. The lowest BCUT2D eigenvalue weighted by Gasteiger charge is -2.10. The lowest BCUT2D eigenvalue weighted by atomic mass is 10.1. The van der Waals surface area contributed by atoms with Gasteiger partial charge in [-0.15, -0.1) is 0 Å². The van der Waals surface area contributed by atoms with Gasteiger partial charge in [0.2, 0.25) is 0 Å². The Morgan fingerprint density at radius 1 is 0.897 bits per heavy atom. The predicted octanol–water partition coefficient (Wildman–Crippen LogP) is 5.55. The van der Waals surface area contributed by atoms with E-state index in [9.17, 15) is 9.90 Å². The Morgan fingerprint density at radius 2 is 1.52 bits per heavy atom. The minimum Gasteiger partial charge on any atom is -0.494 e. The second-order valence-electron chi connectivity index (χ2n) is 7.14. The van der Waals surface area contributed by atoms with Gasteiger partial charge in [0.25, 0.3) is 0 Å². The van der Waals surface area contributed by atoms with Crippen molar-refractivity contribution in [1.82, 2.24) is 0 Å². The summed E-state index contributed by atoms with van der Waals surface area (Å²) in [6.45, 7) is 4.11. The normalized spacial score (nSPS) is 11.6. The zero-order valence-corrected chi connectivity index (χ0v) is 17.1. The maximum atomic E-state index is 10.9. The van der Waals surface area contributed by atoms with Crippen molar-refractivity contribution >= 4 is 5.97 Å². The number of unbranched alkanes of at least 4 members (excludes halogenated alkanes) is 5. The van der Waals surface area contributed by atoms with Crippen molar-refractivity contribution in [2.45, 2.75) is 51.0 Å². The Kier molecular flexibility index (Phi) is 10.6. The van der Waals surface area contributed by atoms with Gasteiger partial charge in [0.1, 0.15) is 12.4 Å². The van der Waals surface area contributed by atoms with Gasteiger partial charge >= 0.3 is 5.97 Å². The summed E-state index contributed by atoms with van der Waals surface area (Å²) in [5, 5.41) is 9.73. The molecule has 0 fully saturated rings. The average molecular weight is 397 g/mol. The lowest BCUT2D eigenvalue weighted by molar-refractivity contribution is -0.140. The molecule has 2 aromatic rings. The topological polar surface area (TPSA) is 55.8 Å². The van der Waals surface area contributed by atoms with E-state index in [1.54, 1.807) is 0 Å². The van der Waals surface area contributed by atoms with Crippen molar-refractivity contribution in [3.63, 3.8) is 0 Å². The summed E-state index contributed by atoms with van der Waals surface area (Å²) in [5.74, 6) is 0.425. The van der Waals surface area contributed by atoms with Gasteiger partial charge < -0.3 is 14.6 Å². The number of hydrogen-bond donors (Lipinski definition) is 1. The molecule has 0 amide bonds. The van der Waals surface area contributed by atoms with Gasteiger partial charge in [-0.25, -0.2) is 4.79 Å². The molecule has 156 valence electrons. The summed E-state index contributed by atoms with van der Waals surface area (Å²) in [7, 11) is 0. The van der Waals surface area contributed by atoms with Crippen LogP contribution in [0, 0.1) is 0 Å². The first-order chi connectivity index (χ1) is 14.2. The molecule has 0 heterocycles. The van der Waals surface area contributed by atoms with E-state index in [1.165, 1.54) is 11.1 Å². The van der Waals surface area contributed by atoms with Crippen LogP contribution in [-0.2, 0) is 9.53 Å². The smallest absolute Gasteiger partial charge is 0.330 e. The van der Waals surface area contributed by atoms with Crippen molar-refractivity contribution < 1.29 is 19.4 Å². The highest BCUT2D eigenvalue weighted by atomic mass is 16.5. The van der Waals surface area contributed by atoms with Gasteiger partial charge in [0.05, 0.1) is 12.7 Å². The Hall–Kier alpha value is -2.59. The summed E-state index contributed by atoms with van der Waals surface area (Å²) < 4.78 is 10.6. The maximum absolute atomic E-state index is 10.9. The van der Waals surface area contributed by atoms with Gasteiger partial charge in [-0.1, -0.05) is 81.1 Å². The first kappa shape index (κ1) is 22.7. The molecule has 2 rings (SSSR count). The molecular weight excluding hydrogens is 364 g/mol. The number of carbonyl (C=O) groups is 1. The molecule has 29 heavy (non-hydrogen) atoms. The molecule has 0 aromatic heterocycles. The molecule has 0 aliphatic rings. The number of aliphatic hydroxyl groups is 1. The Bertz CT molecular complexity index is 709. The Morgan fingerprint density at radius 3 is 2.21 bits per heavy atom. The van der Waals surface area contributed by atoms with Crippen LogP contribution in [0.3, 0.4) is 0 Å². The summed E-state index contributed by atoms with van der Waals surface area (Å²) >= 11 is 0. The third-order valence-corrected chi connectivity index (χ3v) is 4.75. The fourth-order valence-electron chi connectivity index (χ4n) is 3.07. The van der Waals surface area contributed by atoms with Crippen LogP contribution in [0.4, 0.5) is 0 Å². The first-order valence-electron chi connectivity index (χ1n) is 10.4. The SMILES string of the molecule is C=CC(=O)OCC(O)CCCCCCCCOc1ccc(-c2ccccc2)cc1. The number of ether oxygens (including phenoxy) is 2. The van der Waals surface area contributed by atoms with Crippen LogP contribution in [0.1, 0.15) is 44.9 Å². The molecule has 0 spiro atoms. The van der Waals surface area contributed by atoms with E-state index in [4.69, 9.17) is 9.47 Å². The van der Waals surface area contributed by atoms with E-state index in [0.717, 1.165) is 57.0 Å². The Balaban J connectivity index is 1.47. The highest BCUT2D eigenvalue weighted by molar-refractivity contribution is 5.81. The average Bonchev–Trinajstić information content (AvgIpc) is 2.77. The van der Waals surface area contributed by atoms with Gasteiger partial charge in [0.15, 0.2) is 0 Å². The van der Waals surface area contributed by atoms with Crippen LogP contribution in [0.15, 0.2) is 67.3 Å². The fraction of sp³-hybridized carbons (Fsp3) is 0.400. The van der Waals surface area contributed by atoms with Crippen molar-refractivity contribution in [2.24, 2.45) is 0 Å². The lowest BCUT2D eigenvalue weighted by Crippen LogP contribution is -2.17. The number of benzene rings is 2.